The molecule has 6 nitrogen and oxygen atoms in total. The zero-order valence-corrected chi connectivity index (χ0v) is 11.8. The highest BCUT2D eigenvalue weighted by atomic mass is 35.5. The molecule has 22 heavy (non-hydrogen) atoms. The van der Waals surface area contributed by atoms with E-state index in [1.54, 1.807) is 0 Å². The van der Waals surface area contributed by atoms with Crippen molar-refractivity contribution in [2.75, 3.05) is 11.9 Å². The number of anilines is 1. The number of amides is 1. The number of nitro groups is 1. The van der Waals surface area contributed by atoms with Crippen LogP contribution in [0.25, 0.3) is 0 Å². The summed E-state index contributed by atoms with van der Waals surface area (Å²) in [7, 11) is 0. The van der Waals surface area contributed by atoms with Crippen LogP contribution >= 0.6 is 11.6 Å². The first-order chi connectivity index (χ1) is 10.5. The SMILES string of the molecule is O=C(COc1ccc([N+](=O)[O-])cc1)Nc1cccc(Cl)c1F. The zero-order chi connectivity index (χ0) is 16.1. The molecule has 2 aromatic rings. The van der Waals surface area contributed by atoms with Crippen molar-refractivity contribution in [1.29, 1.82) is 0 Å². The van der Waals surface area contributed by atoms with Crippen LogP contribution in [-0.2, 0) is 4.79 Å². The molecule has 0 radical (unpaired) electrons. The molecule has 114 valence electrons. The maximum absolute atomic E-state index is 13.6. The van der Waals surface area contributed by atoms with Crippen molar-refractivity contribution >= 4 is 28.9 Å². The number of nitro benzene ring substituents is 1. The van der Waals surface area contributed by atoms with E-state index >= 15 is 0 Å². The van der Waals surface area contributed by atoms with Crippen LogP contribution in [0.2, 0.25) is 5.02 Å². The molecule has 1 N–H and O–H groups in total. The van der Waals surface area contributed by atoms with Crippen molar-refractivity contribution in [3.63, 3.8) is 0 Å². The van der Waals surface area contributed by atoms with E-state index in [0.717, 1.165) is 0 Å². The third-order valence-corrected chi connectivity index (χ3v) is 2.94. The van der Waals surface area contributed by atoms with E-state index in [1.807, 2.05) is 0 Å². The van der Waals surface area contributed by atoms with Gasteiger partial charge < -0.3 is 10.1 Å². The van der Waals surface area contributed by atoms with Crippen LogP contribution in [0.3, 0.4) is 0 Å². The van der Waals surface area contributed by atoms with Gasteiger partial charge in [-0.2, -0.15) is 0 Å². The lowest BCUT2D eigenvalue weighted by Gasteiger charge is -2.08. The van der Waals surface area contributed by atoms with Gasteiger partial charge in [0.15, 0.2) is 12.4 Å². The summed E-state index contributed by atoms with van der Waals surface area (Å²) in [6.07, 6.45) is 0. The molecule has 0 unspecified atom stereocenters. The van der Waals surface area contributed by atoms with E-state index in [2.05, 4.69) is 5.32 Å². The molecule has 0 saturated heterocycles. The van der Waals surface area contributed by atoms with Crippen molar-refractivity contribution in [2.24, 2.45) is 0 Å². The molecule has 0 aliphatic carbocycles. The summed E-state index contributed by atoms with van der Waals surface area (Å²) in [5.74, 6) is -1.03. The molecular weight excluding hydrogens is 315 g/mol. The Bertz CT molecular complexity index is 706. The summed E-state index contributed by atoms with van der Waals surface area (Å²) >= 11 is 5.60. The van der Waals surface area contributed by atoms with Gasteiger partial charge in [0, 0.05) is 12.1 Å². The van der Waals surface area contributed by atoms with Gasteiger partial charge in [0.1, 0.15) is 5.75 Å². The molecule has 0 heterocycles. The third-order valence-electron chi connectivity index (χ3n) is 2.64. The topological polar surface area (TPSA) is 81.5 Å². The first-order valence-corrected chi connectivity index (χ1v) is 6.46. The normalized spacial score (nSPS) is 10.1. The Morgan fingerprint density at radius 2 is 1.95 bits per heavy atom. The smallest absolute Gasteiger partial charge is 0.269 e. The van der Waals surface area contributed by atoms with Gasteiger partial charge >= 0.3 is 0 Å². The van der Waals surface area contributed by atoms with Crippen molar-refractivity contribution < 1.29 is 18.8 Å². The average Bonchev–Trinajstić information content (AvgIpc) is 2.50. The van der Waals surface area contributed by atoms with Gasteiger partial charge in [0.25, 0.3) is 11.6 Å². The lowest BCUT2D eigenvalue weighted by molar-refractivity contribution is -0.384. The van der Waals surface area contributed by atoms with Gasteiger partial charge in [-0.25, -0.2) is 4.39 Å². The minimum absolute atomic E-state index is 0.0511. The quantitative estimate of drug-likeness (QED) is 0.675. The van der Waals surface area contributed by atoms with Crippen LogP contribution < -0.4 is 10.1 Å². The summed E-state index contributed by atoms with van der Waals surface area (Å²) in [6, 6.07) is 9.47. The number of benzene rings is 2. The second kappa shape index (κ2) is 6.86. The van der Waals surface area contributed by atoms with Crippen molar-refractivity contribution in [3.8, 4) is 5.75 Å². The van der Waals surface area contributed by atoms with Crippen molar-refractivity contribution in [2.45, 2.75) is 0 Å². The number of nitrogens with zero attached hydrogens (tertiary/aromatic N) is 1. The fourth-order valence-corrected chi connectivity index (χ4v) is 1.77. The van der Waals surface area contributed by atoms with Crippen LogP contribution in [-0.4, -0.2) is 17.4 Å². The molecule has 2 rings (SSSR count). The average molecular weight is 325 g/mol. The van der Waals surface area contributed by atoms with Gasteiger partial charge in [-0.1, -0.05) is 17.7 Å². The maximum atomic E-state index is 13.6. The Balaban J connectivity index is 1.92. The number of hydrogen-bond donors (Lipinski definition) is 1. The summed E-state index contributed by atoms with van der Waals surface area (Å²) in [6.45, 7) is -0.371. The summed E-state index contributed by atoms with van der Waals surface area (Å²) < 4.78 is 18.7. The second-order valence-corrected chi connectivity index (χ2v) is 4.60. The summed E-state index contributed by atoms with van der Waals surface area (Å²) in [4.78, 5) is 21.6. The number of carbonyl (C=O) groups excluding carboxylic acids is 1. The molecule has 1 amide bonds. The van der Waals surface area contributed by atoms with Gasteiger partial charge in [0.2, 0.25) is 0 Å². The molecule has 0 aliphatic heterocycles. The summed E-state index contributed by atoms with van der Waals surface area (Å²) in [5, 5.41) is 12.7. The lowest BCUT2D eigenvalue weighted by Crippen LogP contribution is -2.20. The Hall–Kier alpha value is -2.67. The van der Waals surface area contributed by atoms with Gasteiger partial charge in [-0.05, 0) is 24.3 Å². The molecule has 0 spiro atoms. The van der Waals surface area contributed by atoms with E-state index < -0.39 is 16.6 Å². The summed E-state index contributed by atoms with van der Waals surface area (Å²) in [5.41, 5.74) is -0.136. The highest BCUT2D eigenvalue weighted by Crippen LogP contribution is 2.22. The fraction of sp³-hybridized carbons (Fsp3) is 0.0714. The molecular formula is C14H10ClFN2O4. The zero-order valence-electron chi connectivity index (χ0n) is 11.1. The molecule has 0 aromatic heterocycles. The van der Waals surface area contributed by atoms with Crippen LogP contribution in [0.15, 0.2) is 42.5 Å². The lowest BCUT2D eigenvalue weighted by atomic mass is 10.3. The fourth-order valence-electron chi connectivity index (χ4n) is 1.60. The molecule has 2 aromatic carbocycles. The molecule has 8 heteroatoms. The highest BCUT2D eigenvalue weighted by Gasteiger charge is 2.10. The van der Waals surface area contributed by atoms with Crippen LogP contribution in [0, 0.1) is 15.9 Å². The predicted molar refractivity (Wildman–Crippen MR) is 78.6 cm³/mol. The first kappa shape index (κ1) is 15.7. The molecule has 0 fully saturated rings. The Morgan fingerprint density at radius 3 is 2.59 bits per heavy atom. The van der Waals surface area contributed by atoms with Gasteiger partial charge in [0.05, 0.1) is 15.6 Å². The van der Waals surface area contributed by atoms with E-state index in [4.69, 9.17) is 16.3 Å². The molecule has 0 aliphatic rings. The molecule has 0 bridgehead atoms. The van der Waals surface area contributed by atoms with Crippen molar-refractivity contribution in [3.05, 3.63) is 63.4 Å². The third kappa shape index (κ3) is 3.92. The number of hydrogen-bond acceptors (Lipinski definition) is 4. The van der Waals surface area contributed by atoms with E-state index in [9.17, 15) is 19.3 Å². The van der Waals surface area contributed by atoms with Gasteiger partial charge in [-0.3, -0.25) is 14.9 Å². The monoisotopic (exact) mass is 324 g/mol. The number of ether oxygens (including phenoxy) is 1. The highest BCUT2D eigenvalue weighted by molar-refractivity contribution is 6.31. The molecule has 0 saturated carbocycles. The number of carbonyl (C=O) groups is 1. The second-order valence-electron chi connectivity index (χ2n) is 4.19. The number of halogens is 2. The minimum Gasteiger partial charge on any atom is -0.484 e. The Morgan fingerprint density at radius 1 is 1.27 bits per heavy atom. The van der Waals surface area contributed by atoms with E-state index in [0.29, 0.717) is 0 Å². The maximum Gasteiger partial charge on any atom is 0.269 e. The first-order valence-electron chi connectivity index (χ1n) is 6.08. The van der Waals surface area contributed by atoms with E-state index in [-0.39, 0.29) is 28.8 Å². The van der Waals surface area contributed by atoms with Crippen LogP contribution in [0.4, 0.5) is 15.8 Å². The van der Waals surface area contributed by atoms with Crippen LogP contribution in [0.5, 0.6) is 5.75 Å². The van der Waals surface area contributed by atoms with E-state index in [1.165, 1.54) is 42.5 Å². The standard InChI is InChI=1S/C14H10ClFN2O4/c15-11-2-1-3-12(14(11)16)17-13(19)8-22-10-6-4-9(5-7-10)18(20)21/h1-7H,8H2,(H,17,19). The van der Waals surface area contributed by atoms with Gasteiger partial charge in [-0.15, -0.1) is 0 Å². The largest absolute Gasteiger partial charge is 0.484 e. The Labute approximate surface area is 129 Å². The number of non-ortho nitro benzene ring substituents is 1. The number of rotatable bonds is 5. The number of nitrogens with one attached hydrogen (secondary N) is 1. The minimum atomic E-state index is -0.729. The van der Waals surface area contributed by atoms with Crippen molar-refractivity contribution in [1.82, 2.24) is 0 Å². The van der Waals surface area contributed by atoms with Crippen LogP contribution in [0.1, 0.15) is 0 Å². The Kier molecular flexibility index (Phi) is 4.90. The molecule has 0 atom stereocenters. The predicted octanol–water partition coefficient (Wildman–Crippen LogP) is 3.40.